The molecule has 0 aliphatic rings. The first-order valence-corrected chi connectivity index (χ1v) is 4.10. The second-order valence-electron chi connectivity index (χ2n) is 2.84. The Balaban J connectivity index is 2.46. The van der Waals surface area contributed by atoms with E-state index in [1.165, 1.54) is 0 Å². The number of nitrogens with one attached hydrogen (secondary N) is 1. The van der Waals surface area contributed by atoms with Gasteiger partial charge >= 0.3 is 6.09 Å². The van der Waals surface area contributed by atoms with E-state index in [1.54, 1.807) is 24.4 Å². The van der Waals surface area contributed by atoms with Crippen molar-refractivity contribution in [1.82, 2.24) is 4.98 Å². The van der Waals surface area contributed by atoms with Crippen molar-refractivity contribution in [1.29, 1.82) is 0 Å². The summed E-state index contributed by atoms with van der Waals surface area (Å²) in [4.78, 5) is 14.5. The summed E-state index contributed by atoms with van der Waals surface area (Å²) in [6.45, 7) is 0. The molecule has 0 saturated carbocycles. The molecule has 70 valence electrons. The molecule has 2 N–H and O–H groups in total. The van der Waals surface area contributed by atoms with Crippen LogP contribution in [0.5, 0.6) is 0 Å². The van der Waals surface area contributed by atoms with Gasteiger partial charge in [0.1, 0.15) is 0 Å². The second-order valence-corrected chi connectivity index (χ2v) is 2.84. The van der Waals surface area contributed by atoms with E-state index in [0.717, 1.165) is 10.9 Å². The lowest BCUT2D eigenvalue weighted by Crippen LogP contribution is -2.06. The van der Waals surface area contributed by atoms with Crippen LogP contribution in [0.1, 0.15) is 0 Å². The molecule has 1 aromatic heterocycles. The summed E-state index contributed by atoms with van der Waals surface area (Å²) < 4.78 is 0. The summed E-state index contributed by atoms with van der Waals surface area (Å²) >= 11 is 0. The number of carboxylic acid groups (broad SMARTS) is 1. The van der Waals surface area contributed by atoms with E-state index in [9.17, 15) is 4.79 Å². The van der Waals surface area contributed by atoms with Crippen molar-refractivity contribution in [2.75, 3.05) is 5.32 Å². The molecule has 0 unspecified atom stereocenters. The van der Waals surface area contributed by atoms with E-state index >= 15 is 0 Å². The van der Waals surface area contributed by atoms with Crippen molar-refractivity contribution in [3.8, 4) is 0 Å². The Labute approximate surface area is 80.2 Å². The minimum Gasteiger partial charge on any atom is -0.465 e. The summed E-state index contributed by atoms with van der Waals surface area (Å²) in [6.07, 6.45) is 0.639. The lowest BCUT2D eigenvalue weighted by molar-refractivity contribution is 0.210. The largest absolute Gasteiger partial charge is 0.465 e. The number of carbonyl (C=O) groups is 1. The van der Waals surface area contributed by atoms with Gasteiger partial charge in [-0.05, 0) is 24.3 Å². The van der Waals surface area contributed by atoms with Crippen LogP contribution in [0.15, 0.2) is 36.5 Å². The molecule has 0 spiro atoms. The molecule has 2 aromatic rings. The Morgan fingerprint density at radius 1 is 1.36 bits per heavy atom. The summed E-state index contributed by atoms with van der Waals surface area (Å²) in [5.41, 5.74) is 1.40. The number of benzene rings is 1. The molecule has 4 nitrogen and oxygen atoms in total. The molecular weight excluding hydrogens is 180 g/mol. The van der Waals surface area contributed by atoms with Gasteiger partial charge in [0.15, 0.2) is 0 Å². The zero-order valence-electron chi connectivity index (χ0n) is 7.27. The number of pyridine rings is 1. The molecule has 0 aliphatic carbocycles. The zero-order valence-corrected chi connectivity index (χ0v) is 7.27. The van der Waals surface area contributed by atoms with Crippen LogP contribution < -0.4 is 5.32 Å². The number of anilines is 1. The third-order valence-electron chi connectivity index (χ3n) is 1.85. The van der Waals surface area contributed by atoms with Crippen LogP contribution in [0.4, 0.5) is 10.5 Å². The standard InChI is InChI=1S/C10H8N2O2/c13-10(14)12-8-3-4-9-7(6-8)2-1-5-11-9/h1-6,12H,(H,13,14). The van der Waals surface area contributed by atoms with Gasteiger partial charge in [0.2, 0.25) is 0 Å². The molecule has 0 fully saturated rings. The first-order chi connectivity index (χ1) is 6.75. The monoisotopic (exact) mass is 188 g/mol. The quantitative estimate of drug-likeness (QED) is 0.721. The smallest absolute Gasteiger partial charge is 0.409 e. The molecule has 0 radical (unpaired) electrons. The Kier molecular flexibility index (Phi) is 2.02. The third-order valence-corrected chi connectivity index (χ3v) is 1.85. The van der Waals surface area contributed by atoms with Crippen LogP contribution >= 0.6 is 0 Å². The average Bonchev–Trinajstić information content (AvgIpc) is 2.17. The normalized spacial score (nSPS) is 10.0. The first kappa shape index (κ1) is 8.50. The molecule has 0 bridgehead atoms. The maximum Gasteiger partial charge on any atom is 0.409 e. The molecule has 0 saturated heterocycles. The fourth-order valence-electron chi connectivity index (χ4n) is 1.28. The Hall–Kier alpha value is -2.10. The van der Waals surface area contributed by atoms with E-state index in [-0.39, 0.29) is 0 Å². The Morgan fingerprint density at radius 2 is 2.21 bits per heavy atom. The maximum atomic E-state index is 10.4. The summed E-state index contributed by atoms with van der Waals surface area (Å²) in [7, 11) is 0. The van der Waals surface area contributed by atoms with Crippen LogP contribution in [-0.4, -0.2) is 16.2 Å². The summed E-state index contributed by atoms with van der Waals surface area (Å²) in [5, 5.41) is 11.7. The molecule has 14 heavy (non-hydrogen) atoms. The van der Waals surface area contributed by atoms with Gasteiger partial charge in [-0.3, -0.25) is 10.3 Å². The highest BCUT2D eigenvalue weighted by Gasteiger charge is 1.99. The molecular formula is C10H8N2O2. The number of fused-ring (bicyclic) bond motifs is 1. The van der Waals surface area contributed by atoms with Crippen LogP contribution in [0.25, 0.3) is 10.9 Å². The lowest BCUT2D eigenvalue weighted by Gasteiger charge is -2.01. The molecule has 1 aromatic carbocycles. The molecule has 0 aliphatic heterocycles. The van der Waals surface area contributed by atoms with Gasteiger partial charge in [0.05, 0.1) is 5.52 Å². The van der Waals surface area contributed by atoms with Crippen molar-refractivity contribution in [2.24, 2.45) is 0 Å². The van der Waals surface area contributed by atoms with Gasteiger partial charge in [-0.2, -0.15) is 0 Å². The maximum absolute atomic E-state index is 10.4. The molecule has 2 rings (SSSR count). The van der Waals surface area contributed by atoms with Gasteiger partial charge in [-0.1, -0.05) is 6.07 Å². The molecule has 1 heterocycles. The summed E-state index contributed by atoms with van der Waals surface area (Å²) in [5.74, 6) is 0. The van der Waals surface area contributed by atoms with E-state index in [2.05, 4.69) is 10.3 Å². The van der Waals surface area contributed by atoms with Crippen LogP contribution in [0.3, 0.4) is 0 Å². The molecule has 0 atom stereocenters. The number of rotatable bonds is 1. The van der Waals surface area contributed by atoms with Crippen molar-refractivity contribution in [3.05, 3.63) is 36.5 Å². The first-order valence-electron chi connectivity index (χ1n) is 4.10. The average molecular weight is 188 g/mol. The van der Waals surface area contributed by atoms with Crippen LogP contribution in [0.2, 0.25) is 0 Å². The number of nitrogens with zero attached hydrogens (tertiary/aromatic N) is 1. The van der Waals surface area contributed by atoms with Crippen LogP contribution in [0, 0.1) is 0 Å². The second kappa shape index (κ2) is 3.33. The van der Waals surface area contributed by atoms with Crippen LogP contribution in [-0.2, 0) is 0 Å². The Morgan fingerprint density at radius 3 is 3.00 bits per heavy atom. The van der Waals surface area contributed by atoms with E-state index in [0.29, 0.717) is 5.69 Å². The lowest BCUT2D eigenvalue weighted by atomic mass is 10.2. The predicted octanol–water partition coefficient (Wildman–Crippen LogP) is 2.32. The van der Waals surface area contributed by atoms with Gasteiger partial charge in [0.25, 0.3) is 0 Å². The van der Waals surface area contributed by atoms with Crippen molar-refractivity contribution >= 4 is 22.7 Å². The fraction of sp³-hybridized carbons (Fsp3) is 0. The van der Waals surface area contributed by atoms with E-state index < -0.39 is 6.09 Å². The van der Waals surface area contributed by atoms with E-state index in [1.807, 2.05) is 12.1 Å². The van der Waals surface area contributed by atoms with Gasteiger partial charge in [-0.25, -0.2) is 4.79 Å². The molecule has 4 heteroatoms. The number of aromatic nitrogens is 1. The van der Waals surface area contributed by atoms with E-state index in [4.69, 9.17) is 5.11 Å². The predicted molar refractivity (Wildman–Crippen MR) is 53.4 cm³/mol. The highest BCUT2D eigenvalue weighted by Crippen LogP contribution is 2.16. The fourth-order valence-corrected chi connectivity index (χ4v) is 1.28. The van der Waals surface area contributed by atoms with Crippen molar-refractivity contribution < 1.29 is 9.90 Å². The SMILES string of the molecule is O=C(O)Nc1ccc2ncccc2c1. The zero-order chi connectivity index (χ0) is 9.97. The van der Waals surface area contributed by atoms with Gasteiger partial charge in [0, 0.05) is 17.3 Å². The van der Waals surface area contributed by atoms with Gasteiger partial charge < -0.3 is 5.11 Å². The minimum absolute atomic E-state index is 0.554. The topological polar surface area (TPSA) is 62.2 Å². The number of hydrogen-bond donors (Lipinski definition) is 2. The summed E-state index contributed by atoms with van der Waals surface area (Å²) in [6, 6.07) is 8.91. The number of amides is 1. The molecule has 1 amide bonds. The third kappa shape index (κ3) is 1.64. The van der Waals surface area contributed by atoms with Crippen molar-refractivity contribution in [2.45, 2.75) is 0 Å². The highest BCUT2D eigenvalue weighted by atomic mass is 16.4. The Bertz CT molecular complexity index is 482. The number of hydrogen-bond acceptors (Lipinski definition) is 2. The van der Waals surface area contributed by atoms with Gasteiger partial charge in [-0.15, -0.1) is 0 Å². The van der Waals surface area contributed by atoms with Crippen molar-refractivity contribution in [3.63, 3.8) is 0 Å². The highest BCUT2D eigenvalue weighted by molar-refractivity contribution is 5.88. The minimum atomic E-state index is -1.06.